The van der Waals surface area contributed by atoms with Gasteiger partial charge in [-0.15, -0.1) is 0 Å². The van der Waals surface area contributed by atoms with Crippen LogP contribution in [0.2, 0.25) is 0 Å². The van der Waals surface area contributed by atoms with Gasteiger partial charge in [-0.2, -0.15) is 0 Å². The second-order valence-corrected chi connectivity index (χ2v) is 9.61. The van der Waals surface area contributed by atoms with Crippen molar-refractivity contribution in [2.24, 2.45) is 0 Å². The predicted octanol–water partition coefficient (Wildman–Crippen LogP) is 8.00. The molecule has 0 aliphatic carbocycles. The third kappa shape index (κ3) is 8.23. The molecule has 0 aliphatic heterocycles. The molecule has 0 saturated carbocycles. The zero-order valence-corrected chi connectivity index (χ0v) is 21.4. The molecule has 2 aromatic rings. The van der Waals surface area contributed by atoms with Gasteiger partial charge < -0.3 is 14.9 Å². The Labute approximate surface area is 205 Å². The van der Waals surface area contributed by atoms with E-state index in [0.717, 1.165) is 35.1 Å². The molecule has 0 fully saturated rings. The number of carbonyl (C=O) groups is 1. The Morgan fingerprint density at radius 2 is 1.41 bits per heavy atom. The quantitative estimate of drug-likeness (QED) is 0.168. The highest BCUT2D eigenvalue weighted by Gasteiger charge is 2.30. The first-order valence-corrected chi connectivity index (χ1v) is 12.7. The van der Waals surface area contributed by atoms with E-state index in [4.69, 9.17) is 4.74 Å². The fourth-order valence-corrected chi connectivity index (χ4v) is 4.28. The van der Waals surface area contributed by atoms with E-state index >= 15 is 0 Å². The van der Waals surface area contributed by atoms with Gasteiger partial charge in [0.05, 0.1) is 6.26 Å². The second kappa shape index (κ2) is 13.8. The average molecular weight is 467 g/mol. The molecule has 2 aromatic carbocycles. The van der Waals surface area contributed by atoms with Gasteiger partial charge in [-0.25, -0.2) is 0 Å². The molecule has 186 valence electrons. The van der Waals surface area contributed by atoms with Crippen molar-refractivity contribution in [1.29, 1.82) is 0 Å². The van der Waals surface area contributed by atoms with Crippen LogP contribution in [0.15, 0.2) is 48.7 Å². The number of hydrogen-bond donors (Lipinski definition) is 2. The van der Waals surface area contributed by atoms with Crippen LogP contribution in [0, 0.1) is 13.8 Å². The number of rotatable bonds is 14. The molecule has 0 saturated heterocycles. The number of phenolic OH excluding ortho intramolecular Hbond substituents is 2. The second-order valence-electron chi connectivity index (χ2n) is 9.61. The highest BCUT2D eigenvalue weighted by atomic mass is 16.5. The number of phenols is 2. The van der Waals surface area contributed by atoms with Gasteiger partial charge in [-0.05, 0) is 73.6 Å². The molecule has 0 unspecified atom stereocenters. The average Bonchev–Trinajstić information content (AvgIpc) is 2.82. The zero-order valence-electron chi connectivity index (χ0n) is 21.4. The Morgan fingerprint density at radius 1 is 0.882 bits per heavy atom. The number of benzene rings is 2. The van der Waals surface area contributed by atoms with Gasteiger partial charge >= 0.3 is 5.97 Å². The number of aromatic hydroxyl groups is 2. The molecule has 2 N–H and O–H groups in total. The van der Waals surface area contributed by atoms with Crippen molar-refractivity contribution in [3.05, 3.63) is 71.0 Å². The molecular weight excluding hydrogens is 424 g/mol. The minimum atomic E-state index is -0.475. The maximum absolute atomic E-state index is 12.5. The van der Waals surface area contributed by atoms with Crippen molar-refractivity contribution >= 4 is 5.97 Å². The van der Waals surface area contributed by atoms with Gasteiger partial charge in [0.2, 0.25) is 0 Å². The fraction of sp³-hybridized carbons (Fsp3) is 0.500. The summed E-state index contributed by atoms with van der Waals surface area (Å²) in [6, 6.07) is 11.1. The Balaban J connectivity index is 1.95. The Kier molecular flexibility index (Phi) is 11.2. The van der Waals surface area contributed by atoms with Gasteiger partial charge in [0.1, 0.15) is 11.5 Å². The highest BCUT2D eigenvalue weighted by molar-refractivity contribution is 5.70. The van der Waals surface area contributed by atoms with E-state index in [-0.39, 0.29) is 23.9 Å². The maximum Gasteiger partial charge on any atom is 0.310 e. The summed E-state index contributed by atoms with van der Waals surface area (Å²) in [5, 5.41) is 20.0. The lowest BCUT2D eigenvalue weighted by Gasteiger charge is -2.31. The number of allylic oxidation sites excluding steroid dienone is 1. The van der Waals surface area contributed by atoms with E-state index in [0.29, 0.717) is 6.42 Å². The van der Waals surface area contributed by atoms with Gasteiger partial charge in [0.25, 0.3) is 0 Å². The van der Waals surface area contributed by atoms with Crippen molar-refractivity contribution < 1.29 is 19.7 Å². The summed E-state index contributed by atoms with van der Waals surface area (Å²) in [4.78, 5) is 12.5. The van der Waals surface area contributed by atoms with Crippen molar-refractivity contribution in [2.75, 3.05) is 0 Å². The number of hydrogen-bond acceptors (Lipinski definition) is 4. The Bertz CT molecular complexity index is 893. The minimum Gasteiger partial charge on any atom is -0.508 e. The van der Waals surface area contributed by atoms with Crippen LogP contribution >= 0.6 is 0 Å². The molecule has 0 aromatic heterocycles. The molecule has 2 rings (SSSR count). The van der Waals surface area contributed by atoms with Crippen LogP contribution in [-0.2, 0) is 14.9 Å². The van der Waals surface area contributed by atoms with Gasteiger partial charge in [0, 0.05) is 11.8 Å². The molecule has 0 radical (unpaired) electrons. The summed E-state index contributed by atoms with van der Waals surface area (Å²) in [6.45, 7) is 8.06. The molecule has 0 spiro atoms. The normalized spacial score (nSPS) is 11.8. The molecule has 0 amide bonds. The van der Waals surface area contributed by atoms with Crippen LogP contribution in [-0.4, -0.2) is 16.2 Å². The summed E-state index contributed by atoms with van der Waals surface area (Å²) < 4.78 is 5.36. The summed E-state index contributed by atoms with van der Waals surface area (Å²) >= 11 is 0. The molecule has 0 aliphatic rings. The van der Waals surface area contributed by atoms with Crippen molar-refractivity contribution in [3.63, 3.8) is 0 Å². The summed E-state index contributed by atoms with van der Waals surface area (Å²) in [7, 11) is 0. The summed E-state index contributed by atoms with van der Waals surface area (Å²) in [6.07, 6.45) is 14.1. The number of esters is 1. The molecule has 0 bridgehead atoms. The largest absolute Gasteiger partial charge is 0.508 e. The van der Waals surface area contributed by atoms with Crippen molar-refractivity contribution in [1.82, 2.24) is 0 Å². The number of ether oxygens (including phenoxy) is 1. The first-order valence-electron chi connectivity index (χ1n) is 12.7. The van der Waals surface area contributed by atoms with Crippen molar-refractivity contribution in [2.45, 2.75) is 97.3 Å². The van der Waals surface area contributed by atoms with Crippen LogP contribution in [0.5, 0.6) is 11.5 Å². The smallest absolute Gasteiger partial charge is 0.310 e. The van der Waals surface area contributed by atoms with E-state index in [1.54, 1.807) is 12.1 Å². The summed E-state index contributed by atoms with van der Waals surface area (Å²) in [5.74, 6) is 0.241. The summed E-state index contributed by atoms with van der Waals surface area (Å²) in [5.41, 5.74) is 3.12. The lowest BCUT2D eigenvalue weighted by atomic mass is 9.72. The molecule has 0 atom stereocenters. The standard InChI is InChI=1S/C30H42O4/c1-5-6-7-8-9-10-11-12-13-20-34-29(33)18-19-30(4,25-14-16-27(31)23(2)21-25)26-15-17-28(32)24(3)22-26/h13-17,20-22,31-32H,5-12,18-19H2,1-4H3. The first kappa shape index (κ1) is 27.5. The number of carbonyl (C=O) groups excluding carboxylic acids is 1. The highest BCUT2D eigenvalue weighted by Crippen LogP contribution is 2.39. The topological polar surface area (TPSA) is 66.8 Å². The Hall–Kier alpha value is -2.75. The van der Waals surface area contributed by atoms with Crippen molar-refractivity contribution in [3.8, 4) is 11.5 Å². The minimum absolute atomic E-state index is 0.249. The SMILES string of the molecule is CCCCCCCCCC=COC(=O)CCC(C)(c1ccc(O)c(C)c1)c1ccc(O)c(C)c1. The zero-order chi connectivity index (χ0) is 25.0. The van der Waals surface area contributed by atoms with Gasteiger partial charge in [0.15, 0.2) is 0 Å². The van der Waals surface area contributed by atoms with E-state index in [2.05, 4.69) is 13.8 Å². The lowest BCUT2D eigenvalue weighted by Crippen LogP contribution is -2.25. The molecule has 4 heteroatoms. The number of unbranched alkanes of at least 4 members (excludes halogenated alkanes) is 7. The van der Waals surface area contributed by atoms with E-state index in [1.807, 2.05) is 44.2 Å². The van der Waals surface area contributed by atoms with Crippen LogP contribution in [0.1, 0.15) is 100 Å². The Morgan fingerprint density at radius 3 is 1.94 bits per heavy atom. The molecular formula is C30H42O4. The van der Waals surface area contributed by atoms with Crippen LogP contribution < -0.4 is 0 Å². The van der Waals surface area contributed by atoms with Crippen LogP contribution in [0.25, 0.3) is 0 Å². The number of aryl methyl sites for hydroxylation is 2. The van der Waals surface area contributed by atoms with E-state index in [9.17, 15) is 15.0 Å². The van der Waals surface area contributed by atoms with Crippen LogP contribution in [0.3, 0.4) is 0 Å². The van der Waals surface area contributed by atoms with Gasteiger partial charge in [-0.1, -0.05) is 76.6 Å². The fourth-order valence-electron chi connectivity index (χ4n) is 4.28. The molecule has 34 heavy (non-hydrogen) atoms. The lowest BCUT2D eigenvalue weighted by molar-refractivity contribution is -0.138. The maximum atomic E-state index is 12.5. The van der Waals surface area contributed by atoms with E-state index < -0.39 is 5.41 Å². The van der Waals surface area contributed by atoms with E-state index in [1.165, 1.54) is 44.8 Å². The molecule has 0 heterocycles. The first-order chi connectivity index (χ1) is 16.3. The van der Waals surface area contributed by atoms with Gasteiger partial charge in [-0.3, -0.25) is 4.79 Å². The third-order valence-electron chi connectivity index (χ3n) is 6.77. The predicted molar refractivity (Wildman–Crippen MR) is 139 cm³/mol. The molecule has 4 nitrogen and oxygen atoms in total. The third-order valence-corrected chi connectivity index (χ3v) is 6.77. The van der Waals surface area contributed by atoms with Crippen LogP contribution in [0.4, 0.5) is 0 Å². The monoisotopic (exact) mass is 466 g/mol.